The minimum atomic E-state index is -5.35. The van der Waals surface area contributed by atoms with E-state index in [9.17, 15) is 51.5 Å². The number of carbonyl (C=O) groups is 7. The van der Waals surface area contributed by atoms with E-state index in [0.29, 0.717) is 69.0 Å². The minimum absolute atomic E-state index is 0.0476. The first-order valence-electron chi connectivity index (χ1n) is 28.5. The zero-order valence-corrected chi connectivity index (χ0v) is 52.6. The fraction of sp³-hybridized carbons (Fsp3) is 0.643. The predicted octanol–water partition coefficient (Wildman–Crippen LogP) is 8.26. The third-order valence-electron chi connectivity index (χ3n) is 13.4. The maximum absolute atomic E-state index is 13.9. The normalized spacial score (nSPS) is 15.2. The molecular weight excluding hydrogens is 1170 g/mol. The van der Waals surface area contributed by atoms with Gasteiger partial charge < -0.3 is 39.5 Å². The van der Waals surface area contributed by atoms with Crippen LogP contribution < -0.4 is 31.7 Å². The van der Waals surface area contributed by atoms with Gasteiger partial charge in [0.25, 0.3) is 20.0 Å². The van der Waals surface area contributed by atoms with E-state index in [1.165, 1.54) is 0 Å². The number of anilines is 2. The maximum Gasteiger partial charge on any atom is 0.471 e. The standard InChI is InChI=1S/C56H82F3N12O11PS2/c1-12-40-31-42(82-83(81-29-27-60-10)71(36(4)5)37(6)7)34-69(40)46(74)24-25-55(8,9)85-84-30-28-62-44(72)17-15-13-14-16-26-61-45(73)23-22-43(52(78)80-11)65-50(76)38-18-20-41(21-19-38)70(53(79)56(57,58)59)33-39-32-63-48-47(64-39)51(77)68-54(66-48)67-49(75)35(2)3/h18-21,32,35-37,40,42-43H,12-17,22-31,33-34H2,1-9,11H3,(H,61,73)(H,62,72)(H,65,76)(H2,63,66,67,68,75,77)/t40-,42-,43-,83?/m1/s1. The van der Waals surface area contributed by atoms with E-state index in [1.54, 1.807) is 35.4 Å². The summed E-state index contributed by atoms with van der Waals surface area (Å²) in [5.74, 6) is -4.67. The third kappa shape index (κ3) is 23.7. The Morgan fingerprint density at radius 2 is 1.60 bits per heavy atom. The van der Waals surface area contributed by atoms with Crippen molar-refractivity contribution < 1.29 is 60.5 Å². The minimum Gasteiger partial charge on any atom is -0.467 e. The lowest BCUT2D eigenvalue weighted by atomic mass is 10.1. The Hall–Kier alpha value is -5.98. The highest BCUT2D eigenvalue weighted by Gasteiger charge is 2.44. The fourth-order valence-electron chi connectivity index (χ4n) is 8.90. The van der Waals surface area contributed by atoms with Crippen LogP contribution in [-0.2, 0) is 49.1 Å². The summed E-state index contributed by atoms with van der Waals surface area (Å²) in [6.45, 7) is 26.3. The average molecular weight is 1250 g/mol. The number of likely N-dealkylation sites (tertiary alicyclic amines) is 1. The highest BCUT2D eigenvalue weighted by atomic mass is 33.1. The number of H-pyrrole nitrogens is 1. The number of carbonyl (C=O) groups excluding carboxylic acids is 7. The number of fused-ring (bicyclic) bond motifs is 1. The lowest BCUT2D eigenvalue weighted by molar-refractivity contribution is -0.170. The van der Waals surface area contributed by atoms with Crippen LogP contribution in [0.1, 0.15) is 149 Å². The number of esters is 1. The van der Waals surface area contributed by atoms with Crippen LogP contribution in [0.3, 0.4) is 0 Å². The second kappa shape index (κ2) is 35.0. The molecule has 85 heavy (non-hydrogen) atoms. The van der Waals surface area contributed by atoms with Crippen molar-refractivity contribution in [2.75, 3.05) is 55.9 Å². The molecule has 1 aliphatic rings. The van der Waals surface area contributed by atoms with Crippen molar-refractivity contribution in [1.82, 2.24) is 45.5 Å². The number of nitrogens with one attached hydrogen (secondary N) is 5. The molecule has 23 nitrogen and oxygen atoms in total. The Balaban J connectivity index is 1.13. The number of ether oxygens (including phenoxy) is 1. The van der Waals surface area contributed by atoms with Gasteiger partial charge in [-0.2, -0.15) is 18.2 Å². The summed E-state index contributed by atoms with van der Waals surface area (Å²) < 4.78 is 61.2. The molecule has 6 amide bonds. The molecule has 2 aromatic heterocycles. The first kappa shape index (κ1) is 71.5. The second-order valence-electron chi connectivity index (χ2n) is 21.7. The summed E-state index contributed by atoms with van der Waals surface area (Å²) in [6.07, 6.45) is 1.08. The Morgan fingerprint density at radius 1 is 0.929 bits per heavy atom. The number of hydrogen-bond donors (Lipinski definition) is 5. The van der Waals surface area contributed by atoms with Crippen LogP contribution in [0, 0.1) is 12.5 Å². The molecule has 4 rings (SSSR count). The molecule has 1 aliphatic heterocycles. The molecule has 1 fully saturated rings. The number of aromatic amines is 1. The van der Waals surface area contributed by atoms with E-state index in [-0.39, 0.29) is 100 Å². The Labute approximate surface area is 504 Å². The number of methoxy groups -OCH3 is 1. The van der Waals surface area contributed by atoms with E-state index in [0.717, 1.165) is 63.3 Å². The van der Waals surface area contributed by atoms with Gasteiger partial charge in [-0.1, -0.05) is 55.2 Å². The zero-order valence-electron chi connectivity index (χ0n) is 50.1. The Bertz CT molecular complexity index is 2820. The number of nitrogens with zero attached hydrogens (tertiary/aromatic N) is 7. The van der Waals surface area contributed by atoms with Crippen LogP contribution in [0.2, 0.25) is 0 Å². The highest BCUT2D eigenvalue weighted by molar-refractivity contribution is 8.77. The molecular formula is C56H82F3N12O11PS2. The summed E-state index contributed by atoms with van der Waals surface area (Å²) in [4.78, 5) is 122. The van der Waals surface area contributed by atoms with Gasteiger partial charge in [0, 0.05) is 84.7 Å². The highest BCUT2D eigenvalue weighted by Crippen LogP contribution is 2.49. The van der Waals surface area contributed by atoms with Gasteiger partial charge in [-0.3, -0.25) is 48.8 Å². The van der Waals surface area contributed by atoms with Gasteiger partial charge in [0.2, 0.25) is 36.1 Å². The van der Waals surface area contributed by atoms with Gasteiger partial charge in [-0.25, -0.2) is 26.0 Å². The van der Waals surface area contributed by atoms with Crippen LogP contribution in [0.4, 0.5) is 24.8 Å². The summed E-state index contributed by atoms with van der Waals surface area (Å²) in [6, 6.07) is 3.60. The Morgan fingerprint density at radius 3 is 2.24 bits per heavy atom. The molecule has 1 unspecified atom stereocenters. The summed E-state index contributed by atoms with van der Waals surface area (Å²) in [5, 5.41) is 10.7. The average Bonchev–Trinajstić information content (AvgIpc) is 2.56. The smallest absolute Gasteiger partial charge is 0.467 e. The van der Waals surface area contributed by atoms with E-state index in [1.807, 2.05) is 4.90 Å². The van der Waals surface area contributed by atoms with Gasteiger partial charge in [-0.15, -0.1) is 0 Å². The molecule has 29 heteroatoms. The lowest BCUT2D eigenvalue weighted by Gasteiger charge is -2.36. The number of amides is 6. The summed E-state index contributed by atoms with van der Waals surface area (Å²) >= 11 is 0. The van der Waals surface area contributed by atoms with Crippen LogP contribution >= 0.6 is 30.1 Å². The van der Waals surface area contributed by atoms with Gasteiger partial charge in [0.1, 0.15) is 12.6 Å². The van der Waals surface area contributed by atoms with Gasteiger partial charge in [0.15, 0.2) is 11.2 Å². The lowest BCUT2D eigenvalue weighted by Crippen LogP contribution is -2.42. The SMILES string of the molecule is [C-]#[N+]CCOP(O[C@@H]1C[C@@H](CC)N(C(=O)CCC(C)(C)SSCCNC(=O)CCCCCCNC(=O)CC[C@@H](NC(=O)c2ccc(N(Cc3cnc4nc(NC(=O)C(C)C)[nH]c(=O)c4n3)C(=O)C(F)(F)F)cc2)C(=O)OC)C1)N(C(C)C)C(C)C. The van der Waals surface area contributed by atoms with Crippen LogP contribution in [-0.4, -0.2) is 158 Å². The van der Waals surface area contributed by atoms with Crippen LogP contribution in [0.25, 0.3) is 16.0 Å². The molecule has 1 saturated heterocycles. The number of unbranched alkanes of at least 4 members (excludes halogenated alkanes) is 3. The molecule has 0 saturated carbocycles. The summed E-state index contributed by atoms with van der Waals surface area (Å²) in [5.41, 5.74) is -2.06. The number of benzene rings is 1. The van der Waals surface area contributed by atoms with Crippen molar-refractivity contribution in [2.45, 2.75) is 181 Å². The van der Waals surface area contributed by atoms with Crippen LogP contribution in [0.5, 0.6) is 0 Å². The van der Waals surface area contributed by atoms with Crippen molar-refractivity contribution in [3.63, 3.8) is 0 Å². The quantitative estimate of drug-likeness (QED) is 0.0122. The number of halogens is 3. The fourth-order valence-corrected chi connectivity index (χ4v) is 13.1. The van der Waals surface area contributed by atoms with Crippen molar-refractivity contribution in [3.05, 3.63) is 63.5 Å². The van der Waals surface area contributed by atoms with Gasteiger partial charge in [0.05, 0.1) is 31.6 Å². The molecule has 0 aliphatic carbocycles. The predicted molar refractivity (Wildman–Crippen MR) is 322 cm³/mol. The largest absolute Gasteiger partial charge is 0.471 e. The molecule has 3 heterocycles. The molecule has 470 valence electrons. The van der Waals surface area contributed by atoms with E-state index < -0.39 is 62.5 Å². The number of hydrogen-bond acceptors (Lipinski definition) is 17. The molecule has 3 aromatic rings. The Kier molecular flexibility index (Phi) is 29.4. The molecule has 1 aromatic carbocycles. The topological polar surface area (TPSA) is 281 Å². The molecule has 0 spiro atoms. The number of alkyl halides is 3. The number of rotatable bonds is 35. The first-order valence-corrected chi connectivity index (χ1v) is 31.9. The number of aromatic nitrogens is 4. The monoisotopic (exact) mass is 1250 g/mol. The molecule has 4 atom stereocenters. The summed E-state index contributed by atoms with van der Waals surface area (Å²) in [7, 11) is 3.07. The van der Waals surface area contributed by atoms with Crippen molar-refractivity contribution in [3.8, 4) is 0 Å². The molecule has 0 bridgehead atoms. The van der Waals surface area contributed by atoms with Gasteiger partial charge in [-0.05, 0) is 104 Å². The third-order valence-corrected chi connectivity index (χ3v) is 18.9. The van der Waals surface area contributed by atoms with E-state index >= 15 is 0 Å². The van der Waals surface area contributed by atoms with Crippen LogP contribution in [0.15, 0.2) is 35.3 Å². The van der Waals surface area contributed by atoms with E-state index in [4.69, 9.17) is 20.4 Å². The van der Waals surface area contributed by atoms with Crippen molar-refractivity contribution >= 4 is 94.3 Å². The zero-order chi connectivity index (χ0) is 63.0. The van der Waals surface area contributed by atoms with Crippen molar-refractivity contribution in [2.24, 2.45) is 5.92 Å². The van der Waals surface area contributed by atoms with Crippen molar-refractivity contribution in [1.29, 1.82) is 0 Å². The first-order chi connectivity index (χ1) is 40.2. The molecule has 5 N–H and O–H groups in total. The van der Waals surface area contributed by atoms with E-state index in [2.05, 4.69) is 99.2 Å². The maximum atomic E-state index is 13.9. The van der Waals surface area contributed by atoms with Gasteiger partial charge >= 0.3 is 18.1 Å². The second-order valence-corrected chi connectivity index (χ2v) is 26.3. The molecule has 0 radical (unpaired) electrons.